The highest BCUT2D eigenvalue weighted by molar-refractivity contribution is 5.91. The van der Waals surface area contributed by atoms with Crippen LogP contribution in [-0.2, 0) is 17.9 Å². The third-order valence-corrected chi connectivity index (χ3v) is 4.15. The van der Waals surface area contributed by atoms with Gasteiger partial charge < -0.3 is 15.2 Å². The fraction of sp³-hybridized carbons (Fsp3) is 0.150. The van der Waals surface area contributed by atoms with Crippen LogP contribution in [0.25, 0.3) is 6.08 Å². The number of hydrogen-bond acceptors (Lipinski definition) is 7. The van der Waals surface area contributed by atoms with Crippen LogP contribution in [0.1, 0.15) is 16.8 Å². The Labute approximate surface area is 171 Å². The molecule has 0 aliphatic carbocycles. The molecule has 1 heterocycles. The molecule has 2 aromatic carbocycles. The number of nitro groups is 1. The molecular formula is C20H19N5O5. The molecule has 10 heteroatoms. The van der Waals surface area contributed by atoms with E-state index < -0.39 is 4.92 Å². The summed E-state index contributed by atoms with van der Waals surface area (Å²) in [5.74, 6) is 0.0325. The van der Waals surface area contributed by atoms with Crippen molar-refractivity contribution in [2.45, 2.75) is 13.1 Å². The van der Waals surface area contributed by atoms with Crippen LogP contribution < -0.4 is 10.1 Å². The minimum Gasteiger partial charge on any atom is -0.504 e. The van der Waals surface area contributed by atoms with Crippen molar-refractivity contribution >= 4 is 17.7 Å². The summed E-state index contributed by atoms with van der Waals surface area (Å²) in [7, 11) is 1.45. The molecule has 0 radical (unpaired) electrons. The second kappa shape index (κ2) is 9.32. The first-order valence-corrected chi connectivity index (χ1v) is 8.90. The molecule has 0 unspecified atom stereocenters. The summed E-state index contributed by atoms with van der Waals surface area (Å²) in [6, 6.07) is 10.9. The number of carbonyl (C=O) groups excluding carboxylic acids is 1. The minimum atomic E-state index is -0.452. The first kappa shape index (κ1) is 20.5. The summed E-state index contributed by atoms with van der Waals surface area (Å²) in [6.07, 6.45) is 4.66. The highest BCUT2D eigenvalue weighted by Crippen LogP contribution is 2.26. The smallest absolute Gasteiger partial charge is 0.269 e. The fourth-order valence-electron chi connectivity index (χ4n) is 2.61. The van der Waals surface area contributed by atoms with Crippen molar-refractivity contribution in [1.29, 1.82) is 0 Å². The number of phenolic OH excluding ortho intramolecular Hbond substituents is 1. The third-order valence-electron chi connectivity index (χ3n) is 4.15. The van der Waals surface area contributed by atoms with Gasteiger partial charge in [0, 0.05) is 18.2 Å². The van der Waals surface area contributed by atoms with Gasteiger partial charge in [0.2, 0.25) is 5.91 Å². The Balaban J connectivity index is 1.52. The van der Waals surface area contributed by atoms with E-state index in [0.29, 0.717) is 23.6 Å². The zero-order valence-corrected chi connectivity index (χ0v) is 16.1. The van der Waals surface area contributed by atoms with E-state index in [4.69, 9.17) is 4.74 Å². The average Bonchev–Trinajstić information content (AvgIpc) is 3.19. The van der Waals surface area contributed by atoms with Gasteiger partial charge in [-0.25, -0.2) is 4.68 Å². The van der Waals surface area contributed by atoms with Crippen molar-refractivity contribution in [3.05, 3.63) is 81.7 Å². The second-order valence-electron chi connectivity index (χ2n) is 6.31. The molecular weight excluding hydrogens is 390 g/mol. The Kier molecular flexibility index (Phi) is 6.38. The predicted molar refractivity (Wildman–Crippen MR) is 108 cm³/mol. The van der Waals surface area contributed by atoms with Gasteiger partial charge in [-0.3, -0.25) is 14.9 Å². The average molecular weight is 409 g/mol. The van der Waals surface area contributed by atoms with Gasteiger partial charge in [0.1, 0.15) is 5.69 Å². The Hall–Kier alpha value is -4.21. The predicted octanol–water partition coefficient (Wildman–Crippen LogP) is 2.28. The summed E-state index contributed by atoms with van der Waals surface area (Å²) in [4.78, 5) is 22.2. The number of carbonyl (C=O) groups is 1. The molecule has 10 nitrogen and oxygen atoms in total. The lowest BCUT2D eigenvalue weighted by molar-refractivity contribution is -0.384. The van der Waals surface area contributed by atoms with Crippen LogP contribution in [-0.4, -0.2) is 38.0 Å². The van der Waals surface area contributed by atoms with Crippen molar-refractivity contribution in [2.24, 2.45) is 0 Å². The summed E-state index contributed by atoms with van der Waals surface area (Å²) in [6.45, 7) is 0.601. The quantitative estimate of drug-likeness (QED) is 0.331. The lowest BCUT2D eigenvalue weighted by atomic mass is 10.2. The van der Waals surface area contributed by atoms with E-state index in [1.807, 2.05) is 0 Å². The highest BCUT2D eigenvalue weighted by Gasteiger charge is 2.07. The van der Waals surface area contributed by atoms with Crippen LogP contribution >= 0.6 is 0 Å². The Morgan fingerprint density at radius 1 is 1.30 bits per heavy atom. The number of hydrogen-bond donors (Lipinski definition) is 2. The topological polar surface area (TPSA) is 132 Å². The van der Waals surface area contributed by atoms with Crippen molar-refractivity contribution < 1.29 is 19.6 Å². The van der Waals surface area contributed by atoms with Gasteiger partial charge in [-0.1, -0.05) is 23.4 Å². The minimum absolute atomic E-state index is 0.0240. The monoisotopic (exact) mass is 409 g/mol. The summed E-state index contributed by atoms with van der Waals surface area (Å²) in [5, 5.41) is 31.0. The number of non-ortho nitro benzene ring substituents is 1. The number of phenols is 1. The Bertz CT molecular complexity index is 1080. The fourth-order valence-corrected chi connectivity index (χ4v) is 2.61. The zero-order chi connectivity index (χ0) is 21.5. The van der Waals surface area contributed by atoms with Crippen LogP contribution in [0.3, 0.4) is 0 Å². The van der Waals surface area contributed by atoms with Crippen molar-refractivity contribution in [2.75, 3.05) is 7.11 Å². The van der Waals surface area contributed by atoms with Crippen molar-refractivity contribution in [1.82, 2.24) is 20.3 Å². The van der Waals surface area contributed by atoms with E-state index in [-0.39, 0.29) is 23.9 Å². The Morgan fingerprint density at radius 3 is 2.77 bits per heavy atom. The Morgan fingerprint density at radius 2 is 2.07 bits per heavy atom. The van der Waals surface area contributed by atoms with Crippen LogP contribution in [0.4, 0.5) is 5.69 Å². The van der Waals surface area contributed by atoms with Gasteiger partial charge in [-0.2, -0.15) is 0 Å². The van der Waals surface area contributed by atoms with Crippen LogP contribution in [0, 0.1) is 10.1 Å². The number of ether oxygens (including phenoxy) is 1. The number of nitrogens with one attached hydrogen (secondary N) is 1. The number of aromatic nitrogens is 3. The van der Waals surface area contributed by atoms with Crippen LogP contribution in [0.5, 0.6) is 11.5 Å². The lowest BCUT2D eigenvalue weighted by Gasteiger charge is -2.03. The van der Waals surface area contributed by atoms with Crippen LogP contribution in [0.2, 0.25) is 0 Å². The molecule has 154 valence electrons. The molecule has 1 amide bonds. The van der Waals surface area contributed by atoms with E-state index in [1.54, 1.807) is 41.2 Å². The number of nitrogens with zero attached hydrogens (tertiary/aromatic N) is 4. The van der Waals surface area contributed by atoms with E-state index in [9.17, 15) is 20.0 Å². The second-order valence-corrected chi connectivity index (χ2v) is 6.31. The summed E-state index contributed by atoms with van der Waals surface area (Å²) in [5.41, 5.74) is 2.15. The molecule has 0 saturated carbocycles. The van der Waals surface area contributed by atoms with Gasteiger partial charge in [-0.15, -0.1) is 5.10 Å². The number of methoxy groups -OCH3 is 1. The molecule has 30 heavy (non-hydrogen) atoms. The number of rotatable bonds is 8. The first-order valence-electron chi connectivity index (χ1n) is 8.90. The molecule has 3 aromatic rings. The number of benzene rings is 2. The summed E-state index contributed by atoms with van der Waals surface area (Å²) >= 11 is 0. The van der Waals surface area contributed by atoms with Crippen molar-refractivity contribution in [3.8, 4) is 11.5 Å². The molecule has 1 aromatic heterocycles. The molecule has 0 saturated heterocycles. The highest BCUT2D eigenvalue weighted by atomic mass is 16.6. The summed E-state index contributed by atoms with van der Waals surface area (Å²) < 4.78 is 6.61. The molecule has 0 aliphatic rings. The van der Waals surface area contributed by atoms with Gasteiger partial charge in [0.05, 0.1) is 31.3 Å². The maximum absolute atomic E-state index is 12.0. The molecule has 0 aliphatic heterocycles. The maximum atomic E-state index is 12.0. The van der Waals surface area contributed by atoms with E-state index in [1.165, 1.54) is 31.4 Å². The van der Waals surface area contributed by atoms with Gasteiger partial charge >= 0.3 is 0 Å². The molecule has 0 spiro atoms. The molecule has 3 rings (SSSR count). The van der Waals surface area contributed by atoms with E-state index in [2.05, 4.69) is 15.6 Å². The lowest BCUT2D eigenvalue weighted by Crippen LogP contribution is -2.20. The SMILES string of the molecule is COc1cc(/C=C/C(=O)NCc2cn(Cc3ccc([N+](=O)[O-])cc3)nn2)ccc1O. The number of aromatic hydroxyl groups is 1. The molecule has 0 atom stereocenters. The first-order chi connectivity index (χ1) is 14.4. The zero-order valence-electron chi connectivity index (χ0n) is 16.1. The number of nitro benzene ring substituents is 1. The maximum Gasteiger partial charge on any atom is 0.269 e. The van der Waals surface area contributed by atoms with Gasteiger partial charge in [0.25, 0.3) is 5.69 Å². The molecule has 0 fully saturated rings. The molecule has 0 bridgehead atoms. The normalized spacial score (nSPS) is 10.8. The molecule has 2 N–H and O–H groups in total. The van der Waals surface area contributed by atoms with Crippen LogP contribution in [0.15, 0.2) is 54.7 Å². The number of amides is 1. The van der Waals surface area contributed by atoms with E-state index in [0.717, 1.165) is 5.56 Å². The van der Waals surface area contributed by atoms with Crippen molar-refractivity contribution in [3.63, 3.8) is 0 Å². The van der Waals surface area contributed by atoms with E-state index >= 15 is 0 Å². The van der Waals surface area contributed by atoms with Gasteiger partial charge in [-0.05, 0) is 29.3 Å². The van der Waals surface area contributed by atoms with Gasteiger partial charge in [0.15, 0.2) is 11.5 Å². The largest absolute Gasteiger partial charge is 0.504 e. The standard InChI is InChI=1S/C20H19N5O5/c1-30-19-10-14(4-8-18(19)26)5-9-20(27)21-11-16-13-24(23-22-16)12-15-2-6-17(7-3-15)25(28)29/h2-10,13,26H,11-12H2,1H3,(H,21,27)/b9-5+. The third kappa shape index (κ3) is 5.41.